The third-order valence-electron chi connectivity index (χ3n) is 1.53. The van der Waals surface area contributed by atoms with Gasteiger partial charge in [-0.3, -0.25) is 0 Å². The van der Waals surface area contributed by atoms with E-state index in [9.17, 15) is 0 Å². The average Bonchev–Trinajstić information content (AvgIpc) is 1.97. The molecule has 0 bridgehead atoms. The van der Waals surface area contributed by atoms with Crippen molar-refractivity contribution in [2.45, 2.75) is 6.92 Å². The zero-order valence-electron chi connectivity index (χ0n) is 6.26. The Morgan fingerprint density at radius 1 is 0.909 bits per heavy atom. The number of aryl methyl sites for hydroxylation is 1. The Morgan fingerprint density at radius 2 is 1.45 bits per heavy atom. The maximum Gasteiger partial charge on any atom is 0.149 e. The highest BCUT2D eigenvalue weighted by atomic mass is 14.9. The van der Waals surface area contributed by atoms with Gasteiger partial charge in [-0.15, -0.1) is 0 Å². The largest absolute Gasteiger partial charge is 0.396 e. The zero-order chi connectivity index (χ0) is 8.59. The van der Waals surface area contributed by atoms with Crippen LogP contribution in [-0.4, -0.2) is 4.98 Å². The Bertz CT molecular complexity index is 267. The van der Waals surface area contributed by atoms with E-state index in [1.54, 1.807) is 6.92 Å². The number of anilines is 4. The second-order valence-electron chi connectivity index (χ2n) is 2.32. The van der Waals surface area contributed by atoms with Crippen LogP contribution in [0.4, 0.5) is 22.9 Å². The van der Waals surface area contributed by atoms with E-state index >= 15 is 0 Å². The summed E-state index contributed by atoms with van der Waals surface area (Å²) in [6, 6.07) is 0. The van der Waals surface area contributed by atoms with Crippen molar-refractivity contribution in [2.75, 3.05) is 22.9 Å². The first-order chi connectivity index (χ1) is 5.04. The highest BCUT2D eigenvalue weighted by molar-refractivity contribution is 5.84. The molecule has 1 aromatic heterocycles. The Morgan fingerprint density at radius 3 is 2.00 bits per heavy atom. The summed E-state index contributed by atoms with van der Waals surface area (Å²) >= 11 is 0. The van der Waals surface area contributed by atoms with Crippen LogP contribution >= 0.6 is 0 Å². The Hall–Kier alpha value is -1.65. The van der Waals surface area contributed by atoms with E-state index < -0.39 is 0 Å². The first kappa shape index (κ1) is 7.46. The molecule has 8 N–H and O–H groups in total. The SMILES string of the molecule is Cc1nc(N)c(N)c(N)c1N. The molecule has 0 aliphatic rings. The third kappa shape index (κ3) is 1.000. The fraction of sp³-hybridized carbons (Fsp3) is 0.167. The van der Waals surface area contributed by atoms with E-state index in [4.69, 9.17) is 22.9 Å². The lowest BCUT2D eigenvalue weighted by Gasteiger charge is -2.08. The molecule has 0 radical (unpaired) electrons. The van der Waals surface area contributed by atoms with Crippen LogP contribution < -0.4 is 22.9 Å². The summed E-state index contributed by atoms with van der Waals surface area (Å²) in [4.78, 5) is 3.88. The molecule has 11 heavy (non-hydrogen) atoms. The molecule has 0 unspecified atom stereocenters. The second kappa shape index (κ2) is 2.19. The number of nitrogens with zero attached hydrogens (tertiary/aromatic N) is 1. The summed E-state index contributed by atoms with van der Waals surface area (Å²) in [7, 11) is 0. The van der Waals surface area contributed by atoms with Crippen LogP contribution in [0.3, 0.4) is 0 Å². The minimum absolute atomic E-state index is 0.231. The molecule has 0 aliphatic carbocycles. The van der Waals surface area contributed by atoms with Gasteiger partial charge in [0, 0.05) is 0 Å². The Kier molecular flexibility index (Phi) is 1.48. The number of nitrogen functional groups attached to an aromatic ring is 4. The average molecular weight is 153 g/mol. The highest BCUT2D eigenvalue weighted by Crippen LogP contribution is 2.28. The van der Waals surface area contributed by atoms with E-state index in [-0.39, 0.29) is 11.5 Å². The van der Waals surface area contributed by atoms with Gasteiger partial charge in [-0.25, -0.2) is 4.98 Å². The van der Waals surface area contributed by atoms with Crippen molar-refractivity contribution in [3.05, 3.63) is 5.69 Å². The molecule has 0 aliphatic heterocycles. The van der Waals surface area contributed by atoms with Crippen molar-refractivity contribution < 1.29 is 0 Å². The maximum absolute atomic E-state index is 5.53. The van der Waals surface area contributed by atoms with Crippen molar-refractivity contribution in [3.8, 4) is 0 Å². The summed E-state index contributed by atoms with van der Waals surface area (Å²) in [6.07, 6.45) is 0. The van der Waals surface area contributed by atoms with Crippen LogP contribution in [0.1, 0.15) is 5.69 Å². The molecule has 1 heterocycles. The van der Waals surface area contributed by atoms with E-state index in [2.05, 4.69) is 4.98 Å². The van der Waals surface area contributed by atoms with E-state index in [0.29, 0.717) is 17.1 Å². The van der Waals surface area contributed by atoms with Gasteiger partial charge in [-0.05, 0) is 6.92 Å². The van der Waals surface area contributed by atoms with Crippen LogP contribution in [0.2, 0.25) is 0 Å². The number of hydrogen-bond acceptors (Lipinski definition) is 5. The molecular formula is C6H11N5. The minimum atomic E-state index is 0.231. The summed E-state index contributed by atoms with van der Waals surface area (Å²) in [5.74, 6) is 0.231. The molecule has 0 fully saturated rings. The van der Waals surface area contributed by atoms with Crippen molar-refractivity contribution in [1.82, 2.24) is 4.98 Å². The third-order valence-corrected chi connectivity index (χ3v) is 1.53. The first-order valence-corrected chi connectivity index (χ1v) is 3.10. The van der Waals surface area contributed by atoms with Gasteiger partial charge in [0.1, 0.15) is 5.82 Å². The van der Waals surface area contributed by atoms with Crippen molar-refractivity contribution in [1.29, 1.82) is 0 Å². The molecule has 0 saturated carbocycles. The fourth-order valence-electron chi connectivity index (χ4n) is 0.779. The van der Waals surface area contributed by atoms with Crippen molar-refractivity contribution in [2.24, 2.45) is 0 Å². The van der Waals surface area contributed by atoms with Crippen LogP contribution in [0, 0.1) is 6.92 Å². The number of rotatable bonds is 0. The van der Waals surface area contributed by atoms with Gasteiger partial charge >= 0.3 is 0 Å². The lowest BCUT2D eigenvalue weighted by atomic mass is 10.2. The van der Waals surface area contributed by atoms with E-state index in [1.807, 2.05) is 0 Å². The first-order valence-electron chi connectivity index (χ1n) is 3.10. The molecule has 0 spiro atoms. The summed E-state index contributed by atoms with van der Waals surface area (Å²) in [5, 5.41) is 0. The van der Waals surface area contributed by atoms with Crippen LogP contribution in [0.25, 0.3) is 0 Å². The number of aromatic nitrogens is 1. The van der Waals surface area contributed by atoms with Crippen LogP contribution in [0.5, 0.6) is 0 Å². The summed E-state index contributed by atoms with van der Waals surface area (Å²) in [5.41, 5.74) is 23.5. The Labute approximate surface area is 64.4 Å². The Balaban J connectivity index is 3.46. The van der Waals surface area contributed by atoms with Crippen LogP contribution in [0.15, 0.2) is 0 Å². The predicted octanol–water partition coefficient (Wildman–Crippen LogP) is -0.281. The molecule has 0 saturated heterocycles. The van der Waals surface area contributed by atoms with Gasteiger partial charge in [0.05, 0.1) is 22.8 Å². The van der Waals surface area contributed by atoms with Gasteiger partial charge in [0.15, 0.2) is 0 Å². The summed E-state index contributed by atoms with van der Waals surface area (Å²) < 4.78 is 0. The smallest absolute Gasteiger partial charge is 0.149 e. The minimum Gasteiger partial charge on any atom is -0.396 e. The summed E-state index contributed by atoms with van der Waals surface area (Å²) in [6.45, 7) is 1.72. The number of pyridine rings is 1. The lowest BCUT2D eigenvalue weighted by molar-refractivity contribution is 1.22. The highest BCUT2D eigenvalue weighted by Gasteiger charge is 2.07. The molecule has 5 nitrogen and oxygen atoms in total. The maximum atomic E-state index is 5.53. The molecule has 1 aromatic rings. The molecule has 0 atom stereocenters. The predicted molar refractivity (Wildman–Crippen MR) is 46.6 cm³/mol. The van der Waals surface area contributed by atoms with Crippen molar-refractivity contribution >= 4 is 22.9 Å². The number of nitrogens with two attached hydrogens (primary N) is 4. The quantitative estimate of drug-likeness (QED) is 0.409. The molecule has 60 valence electrons. The molecular weight excluding hydrogens is 142 g/mol. The van der Waals surface area contributed by atoms with Gasteiger partial charge in [0.25, 0.3) is 0 Å². The monoisotopic (exact) mass is 153 g/mol. The second-order valence-corrected chi connectivity index (χ2v) is 2.32. The van der Waals surface area contributed by atoms with Gasteiger partial charge in [-0.2, -0.15) is 0 Å². The van der Waals surface area contributed by atoms with E-state index in [0.717, 1.165) is 0 Å². The normalized spacial score (nSPS) is 9.91. The van der Waals surface area contributed by atoms with E-state index in [1.165, 1.54) is 0 Å². The molecule has 0 aromatic carbocycles. The topological polar surface area (TPSA) is 117 Å². The van der Waals surface area contributed by atoms with Gasteiger partial charge < -0.3 is 22.9 Å². The standard InChI is InChI=1S/C6H11N5/c1-2-3(7)4(8)5(9)6(10)11-2/h7,9H2,1H3,(H4,8,10,11). The molecule has 5 heteroatoms. The lowest BCUT2D eigenvalue weighted by Crippen LogP contribution is -2.07. The zero-order valence-corrected chi connectivity index (χ0v) is 6.26. The molecule has 1 rings (SSSR count). The van der Waals surface area contributed by atoms with Gasteiger partial charge in [-0.1, -0.05) is 0 Å². The number of hydrogen-bond donors (Lipinski definition) is 4. The van der Waals surface area contributed by atoms with Crippen molar-refractivity contribution in [3.63, 3.8) is 0 Å². The fourth-order valence-corrected chi connectivity index (χ4v) is 0.779. The van der Waals surface area contributed by atoms with Gasteiger partial charge in [0.2, 0.25) is 0 Å². The molecule has 0 amide bonds. The van der Waals surface area contributed by atoms with Crippen LogP contribution in [-0.2, 0) is 0 Å².